The van der Waals surface area contributed by atoms with Gasteiger partial charge in [-0.15, -0.1) is 0 Å². The molecule has 20 heavy (non-hydrogen) atoms. The molecule has 1 N–H and O–H groups in total. The molecule has 6 heteroatoms. The summed E-state index contributed by atoms with van der Waals surface area (Å²) in [6.07, 6.45) is 6.40. The predicted molar refractivity (Wildman–Crippen MR) is 80.7 cm³/mol. The molecule has 2 aromatic heterocycles. The number of rotatable bonds is 2. The fourth-order valence-corrected chi connectivity index (χ4v) is 3.32. The lowest BCUT2D eigenvalue weighted by Crippen LogP contribution is -2.15. The molecule has 1 aliphatic carbocycles. The number of nitrogens with zero attached hydrogens (tertiary/aromatic N) is 3. The summed E-state index contributed by atoms with van der Waals surface area (Å²) in [6.45, 7) is 1.97. The highest BCUT2D eigenvalue weighted by Gasteiger charge is 2.23. The molecule has 0 bridgehead atoms. The molecule has 1 aliphatic rings. The van der Waals surface area contributed by atoms with Gasteiger partial charge >= 0.3 is 0 Å². The molecule has 0 spiro atoms. The highest BCUT2D eigenvalue weighted by molar-refractivity contribution is 9.10. The maximum absolute atomic E-state index is 12.1. The Morgan fingerprint density at radius 1 is 1.40 bits per heavy atom. The predicted octanol–water partition coefficient (Wildman–Crippen LogP) is 2.90. The first-order valence-electron chi connectivity index (χ1n) is 6.86. The average Bonchev–Trinajstić information content (AvgIpc) is 3.05. The summed E-state index contributed by atoms with van der Waals surface area (Å²) in [5, 5.41) is 4.21. The molecule has 3 rings (SSSR count). The highest BCUT2D eigenvalue weighted by Crippen LogP contribution is 2.36. The highest BCUT2D eigenvalue weighted by atomic mass is 79.9. The third-order valence-electron chi connectivity index (χ3n) is 4.12. The Hall–Kier alpha value is -1.43. The zero-order valence-corrected chi connectivity index (χ0v) is 13.2. The van der Waals surface area contributed by atoms with Crippen molar-refractivity contribution in [1.82, 2.24) is 19.7 Å². The Morgan fingerprint density at radius 3 is 2.70 bits per heavy atom. The van der Waals surface area contributed by atoms with Crippen LogP contribution in [0.15, 0.2) is 15.5 Å². The van der Waals surface area contributed by atoms with Gasteiger partial charge in [-0.3, -0.25) is 9.48 Å². The maximum Gasteiger partial charge on any atom is 0.265 e. The summed E-state index contributed by atoms with van der Waals surface area (Å²) in [7, 11) is 1.88. The number of nitrogens with one attached hydrogen (secondary N) is 1. The van der Waals surface area contributed by atoms with Crippen molar-refractivity contribution in [3.05, 3.63) is 32.4 Å². The van der Waals surface area contributed by atoms with E-state index >= 15 is 0 Å². The van der Waals surface area contributed by atoms with E-state index in [0.29, 0.717) is 16.2 Å². The number of aryl methyl sites for hydroxylation is 1. The van der Waals surface area contributed by atoms with Gasteiger partial charge in [0.2, 0.25) is 0 Å². The second-order valence-electron chi connectivity index (χ2n) is 5.36. The number of hydrogen-bond donors (Lipinski definition) is 1. The maximum atomic E-state index is 12.1. The van der Waals surface area contributed by atoms with E-state index in [4.69, 9.17) is 4.98 Å². The summed E-state index contributed by atoms with van der Waals surface area (Å²) < 4.78 is 2.36. The second-order valence-corrected chi connectivity index (χ2v) is 6.16. The molecule has 1 fully saturated rings. The Labute approximate surface area is 125 Å². The van der Waals surface area contributed by atoms with E-state index in [0.717, 1.165) is 29.8 Å². The average molecular weight is 337 g/mol. The van der Waals surface area contributed by atoms with Crippen LogP contribution in [0.3, 0.4) is 0 Å². The van der Waals surface area contributed by atoms with Crippen LogP contribution in [0.1, 0.15) is 43.0 Å². The normalized spacial score (nSPS) is 15.9. The van der Waals surface area contributed by atoms with Crippen LogP contribution in [-0.4, -0.2) is 19.7 Å². The van der Waals surface area contributed by atoms with Crippen molar-refractivity contribution in [2.45, 2.75) is 38.5 Å². The van der Waals surface area contributed by atoms with Gasteiger partial charge in [0.25, 0.3) is 5.56 Å². The first-order chi connectivity index (χ1) is 9.58. The van der Waals surface area contributed by atoms with Crippen molar-refractivity contribution in [3.63, 3.8) is 0 Å². The van der Waals surface area contributed by atoms with Gasteiger partial charge in [-0.25, -0.2) is 4.98 Å². The van der Waals surface area contributed by atoms with Gasteiger partial charge in [-0.05, 0) is 35.7 Å². The summed E-state index contributed by atoms with van der Waals surface area (Å²) in [6, 6.07) is 0. The quantitative estimate of drug-likeness (QED) is 0.916. The SMILES string of the molecule is Cc1c(-c2nc(C3CCCC3)c(Br)c(=O)[nH]2)cnn1C. The van der Waals surface area contributed by atoms with Crippen LogP contribution in [0.5, 0.6) is 0 Å². The standard InChI is InChI=1S/C14H17BrN4O/c1-8-10(7-16-19(8)2)13-17-12(9-5-3-4-6-9)11(15)14(20)18-13/h7,9H,3-6H2,1-2H3,(H,17,18,20). The van der Waals surface area contributed by atoms with E-state index in [2.05, 4.69) is 26.0 Å². The van der Waals surface area contributed by atoms with Crippen molar-refractivity contribution >= 4 is 15.9 Å². The van der Waals surface area contributed by atoms with Crippen molar-refractivity contribution in [2.24, 2.45) is 7.05 Å². The van der Waals surface area contributed by atoms with E-state index in [1.165, 1.54) is 12.8 Å². The zero-order chi connectivity index (χ0) is 14.3. The van der Waals surface area contributed by atoms with Crippen molar-refractivity contribution in [1.29, 1.82) is 0 Å². The third-order valence-corrected chi connectivity index (χ3v) is 4.89. The van der Waals surface area contributed by atoms with Gasteiger partial charge in [0, 0.05) is 18.7 Å². The van der Waals surface area contributed by atoms with Crippen LogP contribution in [-0.2, 0) is 7.05 Å². The van der Waals surface area contributed by atoms with Crippen LogP contribution in [0.4, 0.5) is 0 Å². The summed E-state index contributed by atoms with van der Waals surface area (Å²) in [5.74, 6) is 1.01. The lowest BCUT2D eigenvalue weighted by Gasteiger charge is -2.12. The lowest BCUT2D eigenvalue weighted by atomic mass is 10.0. The largest absolute Gasteiger partial charge is 0.305 e. The summed E-state index contributed by atoms with van der Waals surface area (Å²) in [5.41, 5.74) is 2.66. The molecule has 0 amide bonds. The van der Waals surface area contributed by atoms with Crippen LogP contribution in [0, 0.1) is 6.92 Å². The number of aromatic amines is 1. The molecular formula is C14H17BrN4O. The molecule has 0 radical (unpaired) electrons. The zero-order valence-electron chi connectivity index (χ0n) is 11.6. The van der Waals surface area contributed by atoms with E-state index in [1.54, 1.807) is 10.9 Å². The molecule has 0 aliphatic heterocycles. The minimum absolute atomic E-state index is 0.111. The first kappa shape index (κ1) is 13.5. The fourth-order valence-electron chi connectivity index (χ4n) is 2.80. The molecule has 5 nitrogen and oxygen atoms in total. The Kier molecular flexibility index (Phi) is 3.50. The van der Waals surface area contributed by atoms with E-state index < -0.39 is 0 Å². The Bertz CT molecular complexity index is 698. The Balaban J connectivity index is 2.13. The van der Waals surface area contributed by atoms with Crippen LogP contribution in [0.2, 0.25) is 0 Å². The van der Waals surface area contributed by atoms with Crippen LogP contribution in [0.25, 0.3) is 11.4 Å². The van der Waals surface area contributed by atoms with Crippen LogP contribution >= 0.6 is 15.9 Å². The Morgan fingerprint density at radius 2 is 2.10 bits per heavy atom. The topological polar surface area (TPSA) is 63.6 Å². The second kappa shape index (κ2) is 5.16. The van der Waals surface area contributed by atoms with E-state index in [9.17, 15) is 4.79 Å². The summed E-state index contributed by atoms with van der Waals surface area (Å²) in [4.78, 5) is 19.7. The monoisotopic (exact) mass is 336 g/mol. The molecular weight excluding hydrogens is 320 g/mol. The van der Waals surface area contributed by atoms with Crippen molar-refractivity contribution in [3.8, 4) is 11.4 Å². The number of aromatic nitrogens is 4. The number of halogens is 1. The van der Waals surface area contributed by atoms with Crippen LogP contribution < -0.4 is 5.56 Å². The molecule has 0 atom stereocenters. The van der Waals surface area contributed by atoms with Gasteiger partial charge in [0.15, 0.2) is 0 Å². The summed E-state index contributed by atoms with van der Waals surface area (Å²) >= 11 is 3.39. The molecule has 0 aromatic carbocycles. The van der Waals surface area contributed by atoms with Gasteiger partial charge in [-0.1, -0.05) is 12.8 Å². The first-order valence-corrected chi connectivity index (χ1v) is 7.66. The van der Waals surface area contributed by atoms with Crippen molar-refractivity contribution in [2.75, 3.05) is 0 Å². The number of H-pyrrole nitrogens is 1. The molecule has 2 aromatic rings. The third kappa shape index (κ3) is 2.22. The molecule has 0 saturated heterocycles. The van der Waals surface area contributed by atoms with E-state index in [1.807, 2.05) is 14.0 Å². The molecule has 0 unspecified atom stereocenters. The fraction of sp³-hybridized carbons (Fsp3) is 0.500. The molecule has 1 saturated carbocycles. The lowest BCUT2D eigenvalue weighted by molar-refractivity contribution is 0.688. The van der Waals surface area contributed by atoms with Gasteiger partial charge in [-0.2, -0.15) is 5.10 Å². The smallest absolute Gasteiger partial charge is 0.265 e. The van der Waals surface area contributed by atoms with Gasteiger partial charge in [0.1, 0.15) is 10.3 Å². The van der Waals surface area contributed by atoms with Gasteiger partial charge in [0.05, 0.1) is 17.5 Å². The minimum atomic E-state index is -0.111. The molecule has 106 valence electrons. The molecule has 2 heterocycles. The van der Waals surface area contributed by atoms with Gasteiger partial charge < -0.3 is 4.98 Å². The van der Waals surface area contributed by atoms with E-state index in [-0.39, 0.29) is 5.56 Å². The minimum Gasteiger partial charge on any atom is -0.305 e. The number of hydrogen-bond acceptors (Lipinski definition) is 3. The van der Waals surface area contributed by atoms with Crippen molar-refractivity contribution < 1.29 is 0 Å².